The van der Waals surface area contributed by atoms with E-state index in [1.807, 2.05) is 0 Å². The zero-order valence-electron chi connectivity index (χ0n) is 8.21. The molecule has 0 saturated carbocycles. The lowest BCUT2D eigenvalue weighted by molar-refractivity contribution is 0.0524. The molecule has 15 heavy (non-hydrogen) atoms. The van der Waals surface area contributed by atoms with Crippen molar-refractivity contribution in [2.45, 2.75) is 13.3 Å². The van der Waals surface area contributed by atoms with Gasteiger partial charge in [0.2, 0.25) is 0 Å². The smallest absolute Gasteiger partial charge is 0.272 e. The minimum atomic E-state index is -2.58. The maximum absolute atomic E-state index is 13.2. The Balaban J connectivity index is 2.75. The Bertz CT molecular complexity index is 321. The molecule has 0 heterocycles. The number of halogens is 3. The second kappa shape index (κ2) is 4.91. The van der Waals surface area contributed by atoms with E-state index in [1.165, 1.54) is 6.08 Å². The van der Waals surface area contributed by atoms with Crippen molar-refractivity contribution in [3.63, 3.8) is 0 Å². The largest absolute Gasteiger partial charge is 0.488 e. The van der Waals surface area contributed by atoms with Gasteiger partial charge in [0.05, 0.1) is 5.70 Å². The summed E-state index contributed by atoms with van der Waals surface area (Å²) in [4.78, 5) is 0. The first-order valence-corrected chi connectivity index (χ1v) is 4.46. The number of allylic oxidation sites excluding steroid dienone is 4. The predicted octanol–water partition coefficient (Wildman–Crippen LogP) is 2.50. The Hall–Kier alpha value is -1.39. The number of hydrogen-bond donors (Lipinski definition) is 1. The van der Waals surface area contributed by atoms with Crippen LogP contribution in [0.25, 0.3) is 0 Å². The molecule has 0 amide bonds. The van der Waals surface area contributed by atoms with Crippen molar-refractivity contribution in [1.82, 2.24) is 0 Å². The highest BCUT2D eigenvalue weighted by Crippen LogP contribution is 2.21. The average molecular weight is 219 g/mol. The first kappa shape index (κ1) is 11.7. The molecule has 1 aliphatic rings. The number of hydrogen-bond acceptors (Lipinski definition) is 2. The van der Waals surface area contributed by atoms with Gasteiger partial charge in [-0.05, 0) is 6.08 Å². The summed E-state index contributed by atoms with van der Waals surface area (Å²) in [5.74, 6) is -0.856. The quantitative estimate of drug-likeness (QED) is 0.791. The zero-order chi connectivity index (χ0) is 11.4. The average Bonchev–Trinajstić information content (AvgIpc) is 2.29. The van der Waals surface area contributed by atoms with Gasteiger partial charge in [0.1, 0.15) is 18.2 Å². The molecule has 84 valence electrons. The van der Waals surface area contributed by atoms with Crippen LogP contribution in [0, 0.1) is 5.92 Å². The molecule has 0 saturated heterocycles. The molecule has 5 heteroatoms. The third-order valence-corrected chi connectivity index (χ3v) is 1.96. The summed E-state index contributed by atoms with van der Waals surface area (Å²) in [7, 11) is 0. The van der Waals surface area contributed by atoms with E-state index in [2.05, 4.69) is 4.74 Å². The predicted molar refractivity (Wildman–Crippen MR) is 50.7 cm³/mol. The third-order valence-electron chi connectivity index (χ3n) is 1.96. The van der Waals surface area contributed by atoms with Crippen LogP contribution in [0.2, 0.25) is 0 Å². The molecule has 0 fully saturated rings. The van der Waals surface area contributed by atoms with Gasteiger partial charge in [0.25, 0.3) is 6.43 Å². The van der Waals surface area contributed by atoms with E-state index >= 15 is 0 Å². The Labute approximate surface area is 85.9 Å². The summed E-state index contributed by atoms with van der Waals surface area (Å²) in [6.45, 7) is 0.951. The zero-order valence-corrected chi connectivity index (χ0v) is 8.21. The van der Waals surface area contributed by atoms with Crippen molar-refractivity contribution in [3.8, 4) is 0 Å². The van der Waals surface area contributed by atoms with Crippen LogP contribution < -0.4 is 5.73 Å². The molecule has 0 aromatic rings. The van der Waals surface area contributed by atoms with Gasteiger partial charge in [-0.1, -0.05) is 13.0 Å². The summed E-state index contributed by atoms with van der Waals surface area (Å²) in [5.41, 5.74) is 5.52. The standard InChI is InChI=1S/C10H12F3NO/c1-6-2-3-7(15-5-9(12)13)4-8(11)10(6)14/h2-4,6,9H,5,14H2,1H3. The summed E-state index contributed by atoms with van der Waals surface area (Å²) < 4.78 is 41.6. The lowest BCUT2D eigenvalue weighted by atomic mass is 10.1. The van der Waals surface area contributed by atoms with Crippen molar-refractivity contribution in [2.24, 2.45) is 11.7 Å². The molecule has 2 nitrogen and oxygen atoms in total. The lowest BCUT2D eigenvalue weighted by Crippen LogP contribution is -2.06. The monoisotopic (exact) mass is 219 g/mol. The Morgan fingerprint density at radius 1 is 1.53 bits per heavy atom. The van der Waals surface area contributed by atoms with Crippen molar-refractivity contribution in [1.29, 1.82) is 0 Å². The van der Waals surface area contributed by atoms with Crippen LogP contribution >= 0.6 is 0 Å². The van der Waals surface area contributed by atoms with E-state index in [0.717, 1.165) is 6.08 Å². The van der Waals surface area contributed by atoms with Gasteiger partial charge < -0.3 is 10.5 Å². The van der Waals surface area contributed by atoms with Gasteiger partial charge in [-0.15, -0.1) is 0 Å². The van der Waals surface area contributed by atoms with Gasteiger partial charge >= 0.3 is 0 Å². The SMILES string of the molecule is CC1C=CC(OCC(F)F)=CC(F)=C1N. The topological polar surface area (TPSA) is 35.2 Å². The first-order chi connectivity index (χ1) is 7.00. The molecule has 2 N–H and O–H groups in total. The molecule has 0 aromatic heterocycles. The highest BCUT2D eigenvalue weighted by Gasteiger charge is 2.13. The van der Waals surface area contributed by atoms with Gasteiger partial charge in [-0.25, -0.2) is 13.2 Å². The number of nitrogens with two attached hydrogens (primary N) is 1. The summed E-state index contributed by atoms with van der Waals surface area (Å²) in [5, 5.41) is 0. The van der Waals surface area contributed by atoms with Gasteiger partial charge in [0, 0.05) is 12.0 Å². The minimum Gasteiger partial charge on any atom is -0.488 e. The minimum absolute atomic E-state index is 0.0556. The van der Waals surface area contributed by atoms with Crippen molar-refractivity contribution in [3.05, 3.63) is 35.5 Å². The molecule has 1 unspecified atom stereocenters. The molecule has 0 aromatic carbocycles. The van der Waals surface area contributed by atoms with Gasteiger partial charge in [0.15, 0.2) is 0 Å². The van der Waals surface area contributed by atoms with Crippen molar-refractivity contribution in [2.75, 3.05) is 6.61 Å². The molecular weight excluding hydrogens is 207 g/mol. The van der Waals surface area contributed by atoms with Crippen molar-refractivity contribution < 1.29 is 17.9 Å². The maximum Gasteiger partial charge on any atom is 0.272 e. The fraction of sp³-hybridized carbons (Fsp3) is 0.400. The second-order valence-electron chi connectivity index (χ2n) is 3.20. The normalized spacial score (nSPS) is 21.7. The second-order valence-corrected chi connectivity index (χ2v) is 3.20. The molecule has 0 spiro atoms. The number of ether oxygens (including phenoxy) is 1. The van der Waals surface area contributed by atoms with Crippen LogP contribution in [0.15, 0.2) is 35.5 Å². The lowest BCUT2D eigenvalue weighted by Gasteiger charge is -2.04. The maximum atomic E-state index is 13.2. The molecule has 0 bridgehead atoms. The van der Waals surface area contributed by atoms with E-state index < -0.39 is 18.9 Å². The fourth-order valence-electron chi connectivity index (χ4n) is 1.07. The molecule has 0 aliphatic heterocycles. The molecule has 0 radical (unpaired) electrons. The molecule has 1 rings (SSSR count). The third kappa shape index (κ3) is 3.34. The number of rotatable bonds is 3. The first-order valence-electron chi connectivity index (χ1n) is 4.46. The Morgan fingerprint density at radius 3 is 2.80 bits per heavy atom. The van der Waals surface area contributed by atoms with Crippen LogP contribution in [0.5, 0.6) is 0 Å². The molecule has 1 aliphatic carbocycles. The van der Waals surface area contributed by atoms with Crippen molar-refractivity contribution >= 4 is 0 Å². The fourth-order valence-corrected chi connectivity index (χ4v) is 1.07. The molecular formula is C10H12F3NO. The van der Waals surface area contributed by atoms with Gasteiger partial charge in [-0.2, -0.15) is 0 Å². The van der Waals surface area contributed by atoms with Crippen LogP contribution in [0.1, 0.15) is 6.92 Å². The van der Waals surface area contributed by atoms with E-state index in [-0.39, 0.29) is 17.4 Å². The Kier molecular flexibility index (Phi) is 3.82. The van der Waals surface area contributed by atoms with Gasteiger partial charge in [-0.3, -0.25) is 0 Å². The van der Waals surface area contributed by atoms with E-state index in [1.54, 1.807) is 13.0 Å². The molecule has 1 atom stereocenters. The number of alkyl halides is 2. The van der Waals surface area contributed by atoms with E-state index in [0.29, 0.717) is 0 Å². The summed E-state index contributed by atoms with van der Waals surface area (Å²) >= 11 is 0. The van der Waals surface area contributed by atoms with Crippen LogP contribution in [-0.2, 0) is 4.74 Å². The van der Waals surface area contributed by atoms with E-state index in [4.69, 9.17) is 5.73 Å². The summed E-state index contributed by atoms with van der Waals surface area (Å²) in [6, 6.07) is 0. The van der Waals surface area contributed by atoms with Crippen LogP contribution in [-0.4, -0.2) is 13.0 Å². The summed E-state index contributed by atoms with van der Waals surface area (Å²) in [6.07, 6.45) is 1.47. The van der Waals surface area contributed by atoms with E-state index in [9.17, 15) is 13.2 Å². The van der Waals surface area contributed by atoms with Crippen LogP contribution in [0.3, 0.4) is 0 Å². The Morgan fingerprint density at radius 2 is 2.20 bits per heavy atom. The van der Waals surface area contributed by atoms with Crippen LogP contribution in [0.4, 0.5) is 13.2 Å². The highest BCUT2D eigenvalue weighted by molar-refractivity contribution is 5.32. The highest BCUT2D eigenvalue weighted by atomic mass is 19.3.